The van der Waals surface area contributed by atoms with Gasteiger partial charge in [0.25, 0.3) is 11.6 Å². The quantitative estimate of drug-likeness (QED) is 0.917. The summed E-state index contributed by atoms with van der Waals surface area (Å²) in [6.07, 6.45) is 2.79. The fourth-order valence-corrected chi connectivity index (χ4v) is 3.49. The van der Waals surface area contributed by atoms with Gasteiger partial charge in [0.05, 0.1) is 22.6 Å². The molecule has 3 heterocycles. The van der Waals surface area contributed by atoms with E-state index in [0.717, 1.165) is 24.2 Å². The summed E-state index contributed by atoms with van der Waals surface area (Å²) in [6.45, 7) is 4.94. The van der Waals surface area contributed by atoms with E-state index in [1.54, 1.807) is 4.90 Å². The average molecular weight is 342 g/mol. The highest BCUT2D eigenvalue weighted by Gasteiger charge is 2.34. The third-order valence-electron chi connectivity index (χ3n) is 5.14. The van der Waals surface area contributed by atoms with Crippen molar-refractivity contribution < 1.29 is 14.1 Å². The summed E-state index contributed by atoms with van der Waals surface area (Å²) in [5.74, 6) is -0.181. The molecule has 1 atom stereocenters. The van der Waals surface area contributed by atoms with Crippen LogP contribution in [-0.2, 0) is 4.79 Å². The molecule has 0 radical (unpaired) electrons. The predicted octanol–water partition coefficient (Wildman–Crippen LogP) is 2.17. The molecule has 25 heavy (non-hydrogen) atoms. The zero-order valence-electron chi connectivity index (χ0n) is 14.5. The number of hydrogen-bond donors (Lipinski definition) is 1. The average Bonchev–Trinajstić information content (AvgIpc) is 3.14. The molecule has 4 rings (SSSR count). The molecule has 1 saturated heterocycles. The van der Waals surface area contributed by atoms with Crippen LogP contribution < -0.4 is 5.73 Å². The van der Waals surface area contributed by atoms with Crippen molar-refractivity contribution in [2.75, 3.05) is 13.1 Å². The Labute approximate surface area is 145 Å². The second kappa shape index (κ2) is 5.82. The molecule has 2 aromatic heterocycles. The molecule has 1 saturated carbocycles. The lowest BCUT2D eigenvalue weighted by molar-refractivity contribution is -0.121. The molecule has 2 N–H and O–H groups in total. The maximum atomic E-state index is 13.2. The van der Waals surface area contributed by atoms with Crippen LogP contribution in [-0.4, -0.2) is 39.9 Å². The molecule has 7 nitrogen and oxygen atoms in total. The largest absolute Gasteiger partial charge is 0.369 e. The molecule has 0 aromatic carbocycles. The van der Waals surface area contributed by atoms with E-state index in [4.69, 9.17) is 10.3 Å². The van der Waals surface area contributed by atoms with Gasteiger partial charge in [0.1, 0.15) is 0 Å². The lowest BCUT2D eigenvalue weighted by atomic mass is 10.0. The van der Waals surface area contributed by atoms with Crippen molar-refractivity contribution in [1.82, 2.24) is 15.0 Å². The van der Waals surface area contributed by atoms with Crippen molar-refractivity contribution >= 4 is 22.9 Å². The number of carbonyl (C=O) groups is 2. The Hall–Kier alpha value is -2.44. The van der Waals surface area contributed by atoms with Crippen LogP contribution >= 0.6 is 0 Å². The molecular formula is C18H22N4O3. The predicted molar refractivity (Wildman–Crippen MR) is 91.1 cm³/mol. The molecule has 132 valence electrons. The molecular weight excluding hydrogens is 320 g/mol. The third-order valence-corrected chi connectivity index (χ3v) is 5.14. The first-order valence-electron chi connectivity index (χ1n) is 8.84. The maximum Gasteiger partial charge on any atom is 0.259 e. The lowest BCUT2D eigenvalue weighted by Gasteiger charge is -2.17. The number of rotatable bonds is 4. The molecule has 0 bridgehead atoms. The number of aromatic nitrogens is 2. The van der Waals surface area contributed by atoms with E-state index in [0.29, 0.717) is 42.1 Å². The Morgan fingerprint density at radius 1 is 1.32 bits per heavy atom. The minimum Gasteiger partial charge on any atom is -0.369 e. The van der Waals surface area contributed by atoms with E-state index in [1.165, 1.54) is 0 Å². The van der Waals surface area contributed by atoms with Gasteiger partial charge in [-0.25, -0.2) is 4.98 Å². The van der Waals surface area contributed by atoms with Crippen LogP contribution in [0, 0.1) is 5.92 Å². The van der Waals surface area contributed by atoms with Gasteiger partial charge in [-0.3, -0.25) is 9.59 Å². The summed E-state index contributed by atoms with van der Waals surface area (Å²) < 4.78 is 5.44. The summed E-state index contributed by atoms with van der Waals surface area (Å²) in [5, 5.41) is 4.85. The van der Waals surface area contributed by atoms with Crippen molar-refractivity contribution in [3.8, 4) is 0 Å². The fourth-order valence-electron chi connectivity index (χ4n) is 3.49. The molecule has 0 spiro atoms. The van der Waals surface area contributed by atoms with Crippen LogP contribution in [0.1, 0.15) is 66.7 Å². The number of nitrogens with two attached hydrogens (primary N) is 1. The summed E-state index contributed by atoms with van der Waals surface area (Å²) in [5.41, 5.74) is 8.06. The number of hydrogen-bond acceptors (Lipinski definition) is 5. The van der Waals surface area contributed by atoms with E-state index in [-0.39, 0.29) is 23.7 Å². The van der Waals surface area contributed by atoms with E-state index in [2.05, 4.69) is 10.1 Å². The number of amides is 2. The smallest absolute Gasteiger partial charge is 0.259 e. The van der Waals surface area contributed by atoms with Crippen molar-refractivity contribution in [3.05, 3.63) is 23.0 Å². The van der Waals surface area contributed by atoms with Crippen molar-refractivity contribution in [1.29, 1.82) is 0 Å². The zero-order valence-corrected chi connectivity index (χ0v) is 14.5. The van der Waals surface area contributed by atoms with Crippen molar-refractivity contribution in [2.24, 2.45) is 11.7 Å². The van der Waals surface area contributed by atoms with Gasteiger partial charge in [0.2, 0.25) is 5.91 Å². The Morgan fingerprint density at radius 3 is 2.68 bits per heavy atom. The molecule has 7 heteroatoms. The number of fused-ring (bicyclic) bond motifs is 1. The first-order chi connectivity index (χ1) is 12.0. The van der Waals surface area contributed by atoms with E-state index < -0.39 is 0 Å². The summed E-state index contributed by atoms with van der Waals surface area (Å²) in [4.78, 5) is 30.9. The van der Waals surface area contributed by atoms with Gasteiger partial charge < -0.3 is 15.2 Å². The van der Waals surface area contributed by atoms with Crippen molar-refractivity contribution in [3.63, 3.8) is 0 Å². The minimum atomic E-state index is -0.346. The Kier molecular flexibility index (Phi) is 3.74. The second-order valence-corrected chi connectivity index (χ2v) is 7.41. The van der Waals surface area contributed by atoms with E-state index in [9.17, 15) is 9.59 Å². The fraction of sp³-hybridized carbons (Fsp3) is 0.556. The SMILES string of the molecule is CC(C)c1noc2nc(C3CC3)cc(C(=O)N3CC[C@@H](C(N)=O)C3)c12. The molecule has 0 unspecified atom stereocenters. The van der Waals surface area contributed by atoms with Crippen LogP contribution in [0.5, 0.6) is 0 Å². The normalized spacial score (nSPS) is 20.6. The molecule has 2 aromatic rings. The van der Waals surface area contributed by atoms with Crippen LogP contribution in [0.15, 0.2) is 10.6 Å². The van der Waals surface area contributed by atoms with Gasteiger partial charge in [0, 0.05) is 24.7 Å². The number of primary amides is 1. The van der Waals surface area contributed by atoms with Gasteiger partial charge in [0.15, 0.2) is 0 Å². The highest BCUT2D eigenvalue weighted by atomic mass is 16.5. The summed E-state index contributed by atoms with van der Waals surface area (Å²) >= 11 is 0. The number of nitrogens with zero attached hydrogens (tertiary/aromatic N) is 3. The van der Waals surface area contributed by atoms with E-state index >= 15 is 0 Å². The number of pyridine rings is 1. The van der Waals surface area contributed by atoms with Gasteiger partial charge in [-0.05, 0) is 31.2 Å². The molecule has 2 aliphatic rings. The Balaban J connectivity index is 1.77. The van der Waals surface area contributed by atoms with E-state index in [1.807, 2.05) is 19.9 Å². The minimum absolute atomic E-state index is 0.0943. The van der Waals surface area contributed by atoms with Crippen LogP contribution in [0.25, 0.3) is 11.1 Å². The summed E-state index contributed by atoms with van der Waals surface area (Å²) in [7, 11) is 0. The monoisotopic (exact) mass is 342 g/mol. The highest BCUT2D eigenvalue weighted by molar-refractivity contribution is 6.06. The number of likely N-dealkylation sites (tertiary alicyclic amines) is 1. The summed E-state index contributed by atoms with van der Waals surface area (Å²) in [6, 6.07) is 1.89. The second-order valence-electron chi connectivity index (χ2n) is 7.41. The molecule has 2 fully saturated rings. The molecule has 1 aliphatic carbocycles. The Morgan fingerprint density at radius 2 is 2.08 bits per heavy atom. The van der Waals surface area contributed by atoms with Crippen molar-refractivity contribution in [2.45, 2.75) is 44.9 Å². The van der Waals surface area contributed by atoms with Gasteiger partial charge in [-0.2, -0.15) is 0 Å². The topological polar surface area (TPSA) is 102 Å². The van der Waals surface area contributed by atoms with Crippen LogP contribution in [0.3, 0.4) is 0 Å². The lowest BCUT2D eigenvalue weighted by Crippen LogP contribution is -2.32. The first-order valence-corrected chi connectivity index (χ1v) is 8.84. The van der Waals surface area contributed by atoms with Crippen LogP contribution in [0.2, 0.25) is 0 Å². The molecule has 1 aliphatic heterocycles. The van der Waals surface area contributed by atoms with Gasteiger partial charge >= 0.3 is 0 Å². The Bertz CT molecular complexity index is 853. The molecule has 2 amide bonds. The third kappa shape index (κ3) is 2.77. The highest BCUT2D eigenvalue weighted by Crippen LogP contribution is 2.41. The van der Waals surface area contributed by atoms with Gasteiger partial charge in [-0.15, -0.1) is 0 Å². The zero-order chi connectivity index (χ0) is 17.7. The maximum absolute atomic E-state index is 13.2. The van der Waals surface area contributed by atoms with Crippen LogP contribution in [0.4, 0.5) is 0 Å². The number of carbonyl (C=O) groups excluding carboxylic acids is 2. The first kappa shape index (κ1) is 16.1. The van der Waals surface area contributed by atoms with Gasteiger partial charge in [-0.1, -0.05) is 19.0 Å². The standard InChI is InChI=1S/C18H22N4O3/c1-9(2)15-14-12(18(24)22-6-5-11(8-22)16(19)23)7-13(10-3-4-10)20-17(14)25-21-15/h7,9-11H,3-6,8H2,1-2H3,(H2,19,23)/t11-/m1/s1.